The standard InChI is InChI=1S/C23H27N3O2S2/c1-16-25-17(14-29-16)15-30-22-12-8-6-10-19(22)23(27)24-13-20(26(2)3)18-9-5-7-11-21(18)28-4/h5-12,14,20H,13,15H2,1-4H3,(H,24,27). The lowest BCUT2D eigenvalue weighted by Gasteiger charge is -2.26. The highest BCUT2D eigenvalue weighted by molar-refractivity contribution is 7.98. The summed E-state index contributed by atoms with van der Waals surface area (Å²) in [6.07, 6.45) is 0. The number of hydrogen-bond donors (Lipinski definition) is 1. The molecule has 158 valence electrons. The molecule has 0 aliphatic carbocycles. The Morgan fingerprint density at radius 1 is 1.20 bits per heavy atom. The van der Waals surface area contributed by atoms with Crippen molar-refractivity contribution in [2.75, 3.05) is 27.7 Å². The summed E-state index contributed by atoms with van der Waals surface area (Å²) >= 11 is 3.28. The molecule has 0 spiro atoms. The molecule has 1 N–H and O–H groups in total. The minimum absolute atomic E-state index is 0.00268. The Bertz CT molecular complexity index is 988. The van der Waals surface area contributed by atoms with Gasteiger partial charge in [0, 0.05) is 28.1 Å². The number of para-hydroxylation sites is 1. The molecular formula is C23H27N3O2S2. The second-order valence-corrected chi connectivity index (χ2v) is 9.15. The lowest BCUT2D eigenvalue weighted by atomic mass is 10.0. The van der Waals surface area contributed by atoms with Gasteiger partial charge in [-0.3, -0.25) is 4.79 Å². The van der Waals surface area contributed by atoms with Crippen LogP contribution in [0.25, 0.3) is 0 Å². The largest absolute Gasteiger partial charge is 0.496 e. The smallest absolute Gasteiger partial charge is 0.252 e. The summed E-state index contributed by atoms with van der Waals surface area (Å²) in [5.41, 5.74) is 2.78. The predicted molar refractivity (Wildman–Crippen MR) is 125 cm³/mol. The van der Waals surface area contributed by atoms with E-state index in [4.69, 9.17) is 4.74 Å². The maximum absolute atomic E-state index is 13.0. The van der Waals surface area contributed by atoms with E-state index in [0.717, 1.165) is 32.7 Å². The summed E-state index contributed by atoms with van der Waals surface area (Å²) in [6.45, 7) is 2.49. The molecule has 0 saturated heterocycles. The second-order valence-electron chi connectivity index (χ2n) is 7.07. The number of carbonyl (C=O) groups excluding carboxylic acids is 1. The second kappa shape index (κ2) is 10.6. The highest BCUT2D eigenvalue weighted by Gasteiger charge is 2.20. The summed E-state index contributed by atoms with van der Waals surface area (Å²) in [5.74, 6) is 1.49. The van der Waals surface area contributed by atoms with Crippen LogP contribution in [0, 0.1) is 6.92 Å². The highest BCUT2D eigenvalue weighted by Crippen LogP contribution is 2.29. The van der Waals surface area contributed by atoms with Gasteiger partial charge < -0.3 is 15.0 Å². The van der Waals surface area contributed by atoms with Crippen LogP contribution in [0.5, 0.6) is 5.75 Å². The van der Waals surface area contributed by atoms with Gasteiger partial charge in [-0.05, 0) is 39.2 Å². The first-order valence-corrected chi connectivity index (χ1v) is 11.6. The molecule has 1 amide bonds. The quantitative estimate of drug-likeness (QED) is 0.484. The lowest BCUT2D eigenvalue weighted by Crippen LogP contribution is -2.35. The molecule has 1 atom stereocenters. The van der Waals surface area contributed by atoms with Crippen molar-refractivity contribution in [3.63, 3.8) is 0 Å². The van der Waals surface area contributed by atoms with Gasteiger partial charge in [-0.15, -0.1) is 23.1 Å². The monoisotopic (exact) mass is 441 g/mol. The van der Waals surface area contributed by atoms with Crippen molar-refractivity contribution in [2.24, 2.45) is 0 Å². The Kier molecular flexibility index (Phi) is 7.90. The van der Waals surface area contributed by atoms with E-state index in [1.54, 1.807) is 30.2 Å². The molecule has 30 heavy (non-hydrogen) atoms. The third kappa shape index (κ3) is 5.62. The zero-order valence-electron chi connectivity index (χ0n) is 17.7. The molecule has 0 radical (unpaired) electrons. The third-order valence-electron chi connectivity index (χ3n) is 4.75. The summed E-state index contributed by atoms with van der Waals surface area (Å²) < 4.78 is 5.51. The SMILES string of the molecule is COc1ccccc1C(CNC(=O)c1ccccc1SCc1csc(C)n1)N(C)C. The molecule has 2 aromatic carbocycles. The van der Waals surface area contributed by atoms with Crippen molar-refractivity contribution in [3.05, 3.63) is 75.7 Å². The number of methoxy groups -OCH3 is 1. The molecule has 3 rings (SSSR count). The number of rotatable bonds is 9. The van der Waals surface area contributed by atoms with E-state index in [0.29, 0.717) is 12.1 Å². The number of ether oxygens (including phenoxy) is 1. The fraction of sp³-hybridized carbons (Fsp3) is 0.304. The summed E-state index contributed by atoms with van der Waals surface area (Å²) in [6, 6.07) is 15.6. The fourth-order valence-electron chi connectivity index (χ4n) is 3.20. The average molecular weight is 442 g/mol. The van der Waals surface area contributed by atoms with Crippen LogP contribution < -0.4 is 10.1 Å². The average Bonchev–Trinajstić information content (AvgIpc) is 3.17. The van der Waals surface area contributed by atoms with E-state index in [1.807, 2.05) is 69.6 Å². The fourth-order valence-corrected chi connectivity index (χ4v) is 4.86. The first-order chi connectivity index (χ1) is 14.5. The van der Waals surface area contributed by atoms with Crippen LogP contribution in [0.4, 0.5) is 0 Å². The molecule has 0 aliphatic rings. The molecule has 0 bridgehead atoms. The van der Waals surface area contributed by atoms with Crippen LogP contribution in [0.3, 0.4) is 0 Å². The number of thiazole rings is 1. The molecule has 1 heterocycles. The van der Waals surface area contributed by atoms with Crippen molar-refractivity contribution < 1.29 is 9.53 Å². The number of thioether (sulfide) groups is 1. The molecule has 7 heteroatoms. The van der Waals surface area contributed by atoms with Gasteiger partial charge in [0.15, 0.2) is 0 Å². The van der Waals surface area contributed by atoms with Crippen LogP contribution in [0.1, 0.15) is 32.7 Å². The number of nitrogens with zero attached hydrogens (tertiary/aromatic N) is 2. The Hall–Kier alpha value is -2.35. The van der Waals surface area contributed by atoms with E-state index in [-0.39, 0.29) is 11.9 Å². The summed E-state index contributed by atoms with van der Waals surface area (Å²) in [5, 5.41) is 6.24. The molecule has 5 nitrogen and oxygen atoms in total. The van der Waals surface area contributed by atoms with Gasteiger partial charge in [0.25, 0.3) is 5.91 Å². The number of amides is 1. The van der Waals surface area contributed by atoms with E-state index in [9.17, 15) is 4.79 Å². The molecule has 0 fully saturated rings. The topological polar surface area (TPSA) is 54.5 Å². The zero-order chi connectivity index (χ0) is 21.5. The summed E-state index contributed by atoms with van der Waals surface area (Å²) in [4.78, 5) is 20.6. The number of likely N-dealkylation sites (N-methyl/N-ethyl adjacent to an activating group) is 1. The van der Waals surface area contributed by atoms with Crippen LogP contribution in [-0.2, 0) is 5.75 Å². The molecule has 0 saturated carbocycles. The first kappa shape index (κ1) is 22.3. The molecule has 1 aromatic heterocycles. The van der Waals surface area contributed by atoms with Crippen LogP contribution >= 0.6 is 23.1 Å². The number of aryl methyl sites for hydroxylation is 1. The Balaban J connectivity index is 1.70. The molecule has 1 unspecified atom stereocenters. The number of hydrogen-bond acceptors (Lipinski definition) is 6. The van der Waals surface area contributed by atoms with Crippen molar-refractivity contribution >= 4 is 29.0 Å². The highest BCUT2D eigenvalue weighted by atomic mass is 32.2. The van der Waals surface area contributed by atoms with Gasteiger partial charge in [-0.1, -0.05) is 30.3 Å². The van der Waals surface area contributed by atoms with Gasteiger partial charge in [-0.2, -0.15) is 0 Å². The van der Waals surface area contributed by atoms with Crippen LogP contribution in [0.2, 0.25) is 0 Å². The minimum Gasteiger partial charge on any atom is -0.496 e. The summed E-state index contributed by atoms with van der Waals surface area (Å²) in [7, 11) is 5.67. The normalized spacial score (nSPS) is 12.0. The molecule has 3 aromatic rings. The van der Waals surface area contributed by atoms with E-state index in [2.05, 4.69) is 20.6 Å². The number of carbonyl (C=O) groups is 1. The zero-order valence-corrected chi connectivity index (χ0v) is 19.3. The molecular weight excluding hydrogens is 414 g/mol. The number of benzene rings is 2. The van der Waals surface area contributed by atoms with Gasteiger partial charge in [0.05, 0.1) is 29.4 Å². The Labute approximate surface area is 186 Å². The van der Waals surface area contributed by atoms with Crippen molar-refractivity contribution in [1.29, 1.82) is 0 Å². The predicted octanol–water partition coefficient (Wildman–Crippen LogP) is 4.79. The van der Waals surface area contributed by atoms with Gasteiger partial charge >= 0.3 is 0 Å². The Morgan fingerprint density at radius 3 is 2.63 bits per heavy atom. The number of nitrogens with one attached hydrogen (secondary N) is 1. The van der Waals surface area contributed by atoms with E-state index < -0.39 is 0 Å². The van der Waals surface area contributed by atoms with Gasteiger partial charge in [-0.25, -0.2) is 4.98 Å². The van der Waals surface area contributed by atoms with E-state index in [1.165, 1.54) is 0 Å². The third-order valence-corrected chi connectivity index (χ3v) is 6.68. The minimum atomic E-state index is -0.0747. The Morgan fingerprint density at radius 2 is 1.93 bits per heavy atom. The maximum Gasteiger partial charge on any atom is 0.252 e. The van der Waals surface area contributed by atoms with Gasteiger partial charge in [0.1, 0.15) is 5.75 Å². The van der Waals surface area contributed by atoms with Gasteiger partial charge in [0.2, 0.25) is 0 Å². The maximum atomic E-state index is 13.0. The van der Waals surface area contributed by atoms with Crippen molar-refractivity contribution in [2.45, 2.75) is 23.6 Å². The molecule has 0 aliphatic heterocycles. The first-order valence-electron chi connectivity index (χ1n) is 9.70. The van der Waals surface area contributed by atoms with Crippen LogP contribution in [-0.4, -0.2) is 43.5 Å². The van der Waals surface area contributed by atoms with Crippen molar-refractivity contribution in [3.8, 4) is 5.75 Å². The lowest BCUT2D eigenvalue weighted by molar-refractivity contribution is 0.0938. The van der Waals surface area contributed by atoms with Crippen molar-refractivity contribution in [1.82, 2.24) is 15.2 Å². The van der Waals surface area contributed by atoms with E-state index >= 15 is 0 Å². The number of aromatic nitrogens is 1. The van der Waals surface area contributed by atoms with Crippen LogP contribution in [0.15, 0.2) is 58.8 Å².